The summed E-state index contributed by atoms with van der Waals surface area (Å²) in [6, 6.07) is 10.1. The number of amides is 1. The van der Waals surface area contributed by atoms with Crippen LogP contribution in [0.15, 0.2) is 24.3 Å². The van der Waals surface area contributed by atoms with E-state index in [1.54, 1.807) is 7.11 Å². The summed E-state index contributed by atoms with van der Waals surface area (Å²) in [5, 5.41) is 12.3. The van der Waals surface area contributed by atoms with Gasteiger partial charge in [0.1, 0.15) is 11.3 Å². The van der Waals surface area contributed by atoms with E-state index in [1.165, 1.54) is 0 Å². The highest BCUT2D eigenvalue weighted by Crippen LogP contribution is 2.23. The number of carbonyl (C=O) groups is 1. The van der Waals surface area contributed by atoms with Crippen molar-refractivity contribution in [3.63, 3.8) is 0 Å². The molecule has 0 radical (unpaired) electrons. The van der Waals surface area contributed by atoms with Crippen LogP contribution in [0.2, 0.25) is 0 Å². The molecule has 1 aliphatic rings. The Morgan fingerprint density at radius 3 is 2.78 bits per heavy atom. The zero-order valence-electron chi connectivity index (χ0n) is 13.8. The molecule has 1 amide bonds. The van der Waals surface area contributed by atoms with Gasteiger partial charge in [-0.05, 0) is 24.0 Å². The Bertz CT molecular complexity index is 574. The van der Waals surface area contributed by atoms with Gasteiger partial charge in [-0.15, -0.1) is 0 Å². The zero-order valence-corrected chi connectivity index (χ0v) is 13.8. The second-order valence-electron chi connectivity index (χ2n) is 6.18. The van der Waals surface area contributed by atoms with Crippen molar-refractivity contribution < 1.29 is 14.3 Å². The number of nitrogens with zero attached hydrogens (tertiary/aromatic N) is 1. The van der Waals surface area contributed by atoms with Gasteiger partial charge in [0.2, 0.25) is 5.91 Å². The highest BCUT2D eigenvalue weighted by atomic mass is 16.5. The van der Waals surface area contributed by atoms with E-state index in [2.05, 4.69) is 11.4 Å². The van der Waals surface area contributed by atoms with Gasteiger partial charge in [-0.25, -0.2) is 0 Å². The van der Waals surface area contributed by atoms with Crippen LogP contribution in [0.1, 0.15) is 31.7 Å². The lowest BCUT2D eigenvalue weighted by Crippen LogP contribution is -2.51. The molecular formula is C18H24N2O3. The molecule has 1 aliphatic heterocycles. The van der Waals surface area contributed by atoms with Gasteiger partial charge in [-0.2, -0.15) is 5.26 Å². The van der Waals surface area contributed by atoms with E-state index in [-0.39, 0.29) is 11.8 Å². The summed E-state index contributed by atoms with van der Waals surface area (Å²) in [5.74, 6) is 0.940. The van der Waals surface area contributed by atoms with E-state index in [0.29, 0.717) is 32.5 Å². The van der Waals surface area contributed by atoms with Crippen LogP contribution in [0.4, 0.5) is 0 Å². The maximum atomic E-state index is 12.3. The Morgan fingerprint density at radius 2 is 2.13 bits per heavy atom. The van der Waals surface area contributed by atoms with E-state index >= 15 is 0 Å². The van der Waals surface area contributed by atoms with Crippen molar-refractivity contribution in [3.05, 3.63) is 29.8 Å². The van der Waals surface area contributed by atoms with Gasteiger partial charge in [0.25, 0.3) is 0 Å². The number of nitrogens with one attached hydrogen (secondary N) is 1. The Kier molecular flexibility index (Phi) is 6.00. The van der Waals surface area contributed by atoms with E-state index < -0.39 is 5.54 Å². The lowest BCUT2D eigenvalue weighted by atomic mass is 9.90. The minimum atomic E-state index is -0.764. The van der Waals surface area contributed by atoms with Gasteiger partial charge < -0.3 is 14.8 Å². The molecule has 0 saturated carbocycles. The summed E-state index contributed by atoms with van der Waals surface area (Å²) in [7, 11) is 1.65. The van der Waals surface area contributed by atoms with Crippen LogP contribution in [0.25, 0.3) is 0 Å². The van der Waals surface area contributed by atoms with Gasteiger partial charge in [0.15, 0.2) is 0 Å². The first-order valence-electron chi connectivity index (χ1n) is 8.00. The Balaban J connectivity index is 1.90. The molecule has 0 bridgehead atoms. The maximum Gasteiger partial charge on any atom is 0.221 e. The Hall–Kier alpha value is -2.06. The summed E-state index contributed by atoms with van der Waals surface area (Å²) < 4.78 is 10.6. The van der Waals surface area contributed by atoms with Gasteiger partial charge in [0.05, 0.1) is 13.2 Å². The van der Waals surface area contributed by atoms with E-state index in [1.807, 2.05) is 31.2 Å². The van der Waals surface area contributed by atoms with Crippen molar-refractivity contribution in [1.82, 2.24) is 5.32 Å². The predicted molar refractivity (Wildman–Crippen MR) is 87.0 cm³/mol. The van der Waals surface area contributed by atoms with Crippen LogP contribution in [0.5, 0.6) is 5.75 Å². The molecule has 1 N–H and O–H groups in total. The number of nitriles is 1. The standard InChI is InChI=1S/C18H24N2O3/c1-14(11-15-5-3-4-6-16(15)22-2)12-17(21)20-18(13-19)7-9-23-10-8-18/h3-6,14H,7-12H2,1-2H3,(H,20,21)/t14-/m0/s1. The number of ether oxygens (including phenoxy) is 2. The quantitative estimate of drug-likeness (QED) is 0.875. The molecule has 1 atom stereocenters. The summed E-state index contributed by atoms with van der Waals surface area (Å²) in [6.07, 6.45) is 2.26. The number of hydrogen-bond donors (Lipinski definition) is 1. The molecular weight excluding hydrogens is 292 g/mol. The maximum absolute atomic E-state index is 12.3. The van der Waals surface area contributed by atoms with Crippen LogP contribution in [0.3, 0.4) is 0 Å². The molecule has 1 aromatic rings. The molecule has 124 valence electrons. The zero-order chi connectivity index (χ0) is 16.7. The second-order valence-corrected chi connectivity index (χ2v) is 6.18. The fourth-order valence-corrected chi connectivity index (χ4v) is 2.94. The van der Waals surface area contributed by atoms with Gasteiger partial charge in [-0.1, -0.05) is 25.1 Å². The van der Waals surface area contributed by atoms with Crippen molar-refractivity contribution in [2.75, 3.05) is 20.3 Å². The van der Waals surface area contributed by atoms with Gasteiger partial charge in [-0.3, -0.25) is 4.79 Å². The number of carbonyl (C=O) groups excluding carboxylic acids is 1. The molecule has 1 aromatic carbocycles. The number of hydrogen-bond acceptors (Lipinski definition) is 4. The first-order valence-corrected chi connectivity index (χ1v) is 8.00. The van der Waals surface area contributed by atoms with Crippen LogP contribution >= 0.6 is 0 Å². The highest BCUT2D eigenvalue weighted by Gasteiger charge is 2.34. The molecule has 23 heavy (non-hydrogen) atoms. The van der Waals surface area contributed by atoms with Crippen LogP contribution in [0, 0.1) is 17.2 Å². The third kappa shape index (κ3) is 4.70. The Morgan fingerprint density at radius 1 is 1.43 bits per heavy atom. The molecule has 1 fully saturated rings. The smallest absolute Gasteiger partial charge is 0.221 e. The van der Waals surface area contributed by atoms with E-state index in [9.17, 15) is 10.1 Å². The van der Waals surface area contributed by atoms with Gasteiger partial charge >= 0.3 is 0 Å². The molecule has 0 unspecified atom stereocenters. The summed E-state index contributed by atoms with van der Waals surface area (Å²) in [4.78, 5) is 12.3. The molecule has 5 nitrogen and oxygen atoms in total. The molecule has 0 spiro atoms. The number of benzene rings is 1. The largest absolute Gasteiger partial charge is 0.496 e. The summed E-state index contributed by atoms with van der Waals surface area (Å²) in [5.41, 5.74) is 0.329. The fraction of sp³-hybridized carbons (Fsp3) is 0.556. The first-order chi connectivity index (χ1) is 11.1. The highest BCUT2D eigenvalue weighted by molar-refractivity contribution is 5.77. The summed E-state index contributed by atoms with van der Waals surface area (Å²) in [6.45, 7) is 3.07. The van der Waals surface area contributed by atoms with Crippen LogP contribution < -0.4 is 10.1 Å². The number of rotatable bonds is 6. The predicted octanol–water partition coefficient (Wildman–Crippen LogP) is 2.45. The second kappa shape index (κ2) is 7.98. The first kappa shape index (κ1) is 17.3. The van der Waals surface area contributed by atoms with Crippen molar-refractivity contribution >= 4 is 5.91 Å². The van der Waals surface area contributed by atoms with E-state index in [0.717, 1.165) is 17.7 Å². The van der Waals surface area contributed by atoms with Crippen molar-refractivity contribution in [3.8, 4) is 11.8 Å². The van der Waals surface area contributed by atoms with E-state index in [4.69, 9.17) is 9.47 Å². The van der Waals surface area contributed by atoms with Crippen LogP contribution in [-0.2, 0) is 16.0 Å². The molecule has 2 rings (SSSR count). The molecule has 1 heterocycles. The Labute approximate surface area is 137 Å². The lowest BCUT2D eigenvalue weighted by Gasteiger charge is -2.31. The van der Waals surface area contributed by atoms with Crippen LogP contribution in [-0.4, -0.2) is 31.8 Å². The molecule has 0 aromatic heterocycles. The topological polar surface area (TPSA) is 71.3 Å². The fourth-order valence-electron chi connectivity index (χ4n) is 2.94. The van der Waals surface area contributed by atoms with Crippen molar-refractivity contribution in [2.45, 2.75) is 38.1 Å². The van der Waals surface area contributed by atoms with Crippen molar-refractivity contribution in [2.24, 2.45) is 5.92 Å². The molecule has 5 heteroatoms. The minimum absolute atomic E-state index is 0.0733. The van der Waals surface area contributed by atoms with Gasteiger partial charge in [0, 0.05) is 32.5 Å². The molecule has 0 aliphatic carbocycles. The monoisotopic (exact) mass is 316 g/mol. The number of para-hydroxylation sites is 1. The normalized spacial score (nSPS) is 17.8. The molecule has 1 saturated heterocycles. The third-order valence-electron chi connectivity index (χ3n) is 4.23. The third-order valence-corrected chi connectivity index (χ3v) is 4.23. The number of methoxy groups -OCH3 is 1. The summed E-state index contributed by atoms with van der Waals surface area (Å²) >= 11 is 0. The SMILES string of the molecule is COc1ccccc1C[C@H](C)CC(=O)NC1(C#N)CCOCC1. The average molecular weight is 316 g/mol. The lowest BCUT2D eigenvalue weighted by molar-refractivity contribution is -0.124. The van der Waals surface area contributed by atoms with Crippen molar-refractivity contribution in [1.29, 1.82) is 5.26 Å². The minimum Gasteiger partial charge on any atom is -0.496 e. The average Bonchev–Trinajstić information content (AvgIpc) is 2.56.